The molecule has 1 amide bonds. The number of amides is 1. The Morgan fingerprint density at radius 1 is 1.42 bits per heavy atom. The Morgan fingerprint density at radius 3 is 2.84 bits per heavy atom. The van der Waals surface area contributed by atoms with Crippen LogP contribution in [0.25, 0.3) is 0 Å². The first-order valence-electron chi connectivity index (χ1n) is 7.91. The van der Waals surface area contributed by atoms with Crippen LogP contribution in [-0.2, 0) is 4.79 Å². The van der Waals surface area contributed by atoms with Crippen molar-refractivity contribution in [3.63, 3.8) is 0 Å². The van der Waals surface area contributed by atoms with Crippen LogP contribution < -0.4 is 5.32 Å². The van der Waals surface area contributed by atoms with E-state index in [1.807, 2.05) is 0 Å². The first kappa shape index (κ1) is 14.8. The minimum Gasteiger partial charge on any atom is -0.341 e. The second-order valence-corrected chi connectivity index (χ2v) is 6.18. The highest BCUT2D eigenvalue weighted by Crippen LogP contribution is 2.18. The largest absolute Gasteiger partial charge is 0.341 e. The minimum absolute atomic E-state index is 0.239. The van der Waals surface area contributed by atoms with Crippen LogP contribution in [0.15, 0.2) is 0 Å². The zero-order valence-corrected chi connectivity index (χ0v) is 12.5. The van der Waals surface area contributed by atoms with E-state index in [0.29, 0.717) is 11.9 Å². The molecule has 4 heteroatoms. The van der Waals surface area contributed by atoms with Gasteiger partial charge in [-0.25, -0.2) is 0 Å². The van der Waals surface area contributed by atoms with Crippen molar-refractivity contribution in [3.8, 4) is 0 Å². The molecule has 0 aromatic carbocycles. The Balaban J connectivity index is 1.89. The Hall–Kier alpha value is -0.610. The van der Waals surface area contributed by atoms with Crippen molar-refractivity contribution in [2.45, 2.75) is 45.1 Å². The van der Waals surface area contributed by atoms with Crippen LogP contribution in [-0.4, -0.2) is 61.5 Å². The van der Waals surface area contributed by atoms with E-state index in [4.69, 9.17) is 0 Å². The van der Waals surface area contributed by atoms with Gasteiger partial charge < -0.3 is 15.1 Å². The van der Waals surface area contributed by atoms with E-state index in [2.05, 4.69) is 29.1 Å². The number of likely N-dealkylation sites (tertiary alicyclic amines) is 1. The fourth-order valence-corrected chi connectivity index (χ4v) is 3.21. The topological polar surface area (TPSA) is 35.6 Å². The number of nitrogens with one attached hydrogen (secondary N) is 1. The lowest BCUT2D eigenvalue weighted by Gasteiger charge is -2.28. The molecule has 2 atom stereocenters. The molecule has 4 nitrogen and oxygen atoms in total. The maximum absolute atomic E-state index is 12.7. The second kappa shape index (κ2) is 7.25. The zero-order valence-electron chi connectivity index (χ0n) is 12.5. The summed E-state index contributed by atoms with van der Waals surface area (Å²) in [5.74, 6) is 0.634. The van der Waals surface area contributed by atoms with E-state index < -0.39 is 0 Å². The van der Waals surface area contributed by atoms with E-state index in [-0.39, 0.29) is 5.92 Å². The molecule has 0 aromatic rings. The van der Waals surface area contributed by atoms with Crippen molar-refractivity contribution in [2.75, 3.05) is 39.8 Å². The zero-order chi connectivity index (χ0) is 13.7. The predicted molar refractivity (Wildman–Crippen MR) is 78.1 cm³/mol. The van der Waals surface area contributed by atoms with Gasteiger partial charge in [-0.05, 0) is 45.8 Å². The van der Waals surface area contributed by atoms with Gasteiger partial charge in [-0.3, -0.25) is 4.79 Å². The Kier molecular flexibility index (Phi) is 5.64. The summed E-state index contributed by atoms with van der Waals surface area (Å²) in [7, 11) is 2.11. The molecule has 0 spiro atoms. The van der Waals surface area contributed by atoms with Crippen LogP contribution in [0, 0.1) is 5.92 Å². The van der Waals surface area contributed by atoms with Crippen LogP contribution in [0.5, 0.6) is 0 Å². The van der Waals surface area contributed by atoms with Crippen molar-refractivity contribution in [2.24, 2.45) is 5.92 Å². The molecule has 0 aliphatic carbocycles. The van der Waals surface area contributed by atoms with E-state index in [1.54, 1.807) is 0 Å². The Labute approximate surface area is 117 Å². The van der Waals surface area contributed by atoms with Crippen LogP contribution in [0.2, 0.25) is 0 Å². The molecule has 110 valence electrons. The fourth-order valence-electron chi connectivity index (χ4n) is 3.21. The Bertz CT molecular complexity index is 289. The second-order valence-electron chi connectivity index (χ2n) is 6.18. The molecule has 0 bridgehead atoms. The van der Waals surface area contributed by atoms with E-state index in [1.165, 1.54) is 12.8 Å². The number of carbonyl (C=O) groups excluding carboxylic acids is 1. The van der Waals surface area contributed by atoms with Crippen LogP contribution in [0.1, 0.15) is 39.0 Å². The molecule has 2 rings (SSSR count). The van der Waals surface area contributed by atoms with E-state index in [9.17, 15) is 4.79 Å². The van der Waals surface area contributed by atoms with Gasteiger partial charge >= 0.3 is 0 Å². The SMILES string of the molecule is CCCCN(CC1CCCN1)C(=O)C1CCN(C)C1. The van der Waals surface area contributed by atoms with E-state index in [0.717, 1.165) is 52.0 Å². The first-order chi connectivity index (χ1) is 9.20. The number of rotatable bonds is 6. The summed E-state index contributed by atoms with van der Waals surface area (Å²) < 4.78 is 0. The van der Waals surface area contributed by atoms with Gasteiger partial charge in [0.25, 0.3) is 0 Å². The molecule has 2 aliphatic heterocycles. The highest BCUT2D eigenvalue weighted by molar-refractivity contribution is 5.79. The predicted octanol–water partition coefficient (Wildman–Crippen LogP) is 1.32. The minimum atomic E-state index is 0.239. The molecule has 2 unspecified atom stereocenters. The van der Waals surface area contributed by atoms with Crippen LogP contribution >= 0.6 is 0 Å². The molecular formula is C15H29N3O. The molecule has 0 radical (unpaired) electrons. The summed E-state index contributed by atoms with van der Waals surface area (Å²) in [5, 5.41) is 3.51. The lowest BCUT2D eigenvalue weighted by molar-refractivity contribution is -0.135. The van der Waals surface area contributed by atoms with Gasteiger partial charge in [0.2, 0.25) is 5.91 Å². The third kappa shape index (κ3) is 4.18. The molecule has 0 aromatic heterocycles. The highest BCUT2D eigenvalue weighted by Gasteiger charge is 2.31. The third-order valence-electron chi connectivity index (χ3n) is 4.44. The van der Waals surface area contributed by atoms with Crippen LogP contribution in [0.3, 0.4) is 0 Å². The van der Waals surface area contributed by atoms with Gasteiger partial charge in [0.1, 0.15) is 0 Å². The molecular weight excluding hydrogens is 238 g/mol. The quantitative estimate of drug-likeness (QED) is 0.788. The maximum Gasteiger partial charge on any atom is 0.227 e. The number of nitrogens with zero attached hydrogens (tertiary/aromatic N) is 2. The molecule has 2 aliphatic rings. The summed E-state index contributed by atoms with van der Waals surface area (Å²) >= 11 is 0. The number of hydrogen-bond acceptors (Lipinski definition) is 3. The van der Waals surface area contributed by atoms with Gasteiger partial charge in [0.15, 0.2) is 0 Å². The standard InChI is InChI=1S/C15H29N3O/c1-3-4-9-18(12-14-6-5-8-16-14)15(19)13-7-10-17(2)11-13/h13-14,16H,3-12H2,1-2H3. The van der Waals surface area contributed by atoms with Crippen LogP contribution in [0.4, 0.5) is 0 Å². The summed E-state index contributed by atoms with van der Waals surface area (Å²) in [4.78, 5) is 17.1. The number of carbonyl (C=O) groups is 1. The van der Waals surface area contributed by atoms with Crippen molar-refractivity contribution in [1.29, 1.82) is 0 Å². The van der Waals surface area contributed by atoms with Gasteiger partial charge in [0, 0.05) is 25.7 Å². The van der Waals surface area contributed by atoms with Crippen molar-refractivity contribution in [1.82, 2.24) is 15.1 Å². The maximum atomic E-state index is 12.7. The molecule has 2 heterocycles. The summed E-state index contributed by atoms with van der Waals surface area (Å²) in [6.07, 6.45) is 5.80. The van der Waals surface area contributed by atoms with Gasteiger partial charge in [-0.2, -0.15) is 0 Å². The van der Waals surface area contributed by atoms with E-state index >= 15 is 0 Å². The van der Waals surface area contributed by atoms with Gasteiger partial charge in [0.05, 0.1) is 5.92 Å². The molecule has 2 saturated heterocycles. The Morgan fingerprint density at radius 2 is 2.26 bits per heavy atom. The molecule has 0 saturated carbocycles. The first-order valence-corrected chi connectivity index (χ1v) is 7.91. The monoisotopic (exact) mass is 267 g/mol. The molecule has 1 N–H and O–H groups in total. The summed E-state index contributed by atoms with van der Waals surface area (Å²) in [5.41, 5.74) is 0. The average Bonchev–Trinajstić information content (AvgIpc) is 3.05. The lowest BCUT2D eigenvalue weighted by Crippen LogP contribution is -2.44. The highest BCUT2D eigenvalue weighted by atomic mass is 16.2. The molecule has 19 heavy (non-hydrogen) atoms. The lowest BCUT2D eigenvalue weighted by atomic mass is 10.1. The van der Waals surface area contributed by atoms with Crippen molar-refractivity contribution in [3.05, 3.63) is 0 Å². The number of unbranched alkanes of at least 4 members (excludes halogenated alkanes) is 1. The normalized spacial score (nSPS) is 27.9. The van der Waals surface area contributed by atoms with Gasteiger partial charge in [-0.1, -0.05) is 13.3 Å². The number of hydrogen-bond donors (Lipinski definition) is 1. The van der Waals surface area contributed by atoms with Crippen molar-refractivity contribution >= 4 is 5.91 Å². The summed E-state index contributed by atoms with van der Waals surface area (Å²) in [6.45, 7) is 7.18. The smallest absolute Gasteiger partial charge is 0.227 e. The molecule has 2 fully saturated rings. The summed E-state index contributed by atoms with van der Waals surface area (Å²) in [6, 6.07) is 0.528. The van der Waals surface area contributed by atoms with Gasteiger partial charge in [-0.15, -0.1) is 0 Å². The van der Waals surface area contributed by atoms with Crippen molar-refractivity contribution < 1.29 is 4.79 Å². The fraction of sp³-hybridized carbons (Fsp3) is 0.933. The third-order valence-corrected chi connectivity index (χ3v) is 4.44. The average molecular weight is 267 g/mol.